The molecular formula is C11H12N2. The molecule has 13 heavy (non-hydrogen) atoms. The minimum Gasteiger partial charge on any atom is -0.405 e. The van der Waals surface area contributed by atoms with Gasteiger partial charge in [0, 0.05) is 12.4 Å². The van der Waals surface area contributed by atoms with Crippen LogP contribution in [0, 0.1) is 0 Å². The second-order valence-corrected chi connectivity index (χ2v) is 2.45. The summed E-state index contributed by atoms with van der Waals surface area (Å²) < 4.78 is 0. The lowest BCUT2D eigenvalue weighted by Crippen LogP contribution is -1.81. The summed E-state index contributed by atoms with van der Waals surface area (Å²) in [5, 5.41) is 0. The molecule has 0 radical (unpaired) electrons. The van der Waals surface area contributed by atoms with Crippen molar-refractivity contribution in [1.82, 2.24) is 4.98 Å². The van der Waals surface area contributed by atoms with Crippen LogP contribution in [0.3, 0.4) is 0 Å². The lowest BCUT2D eigenvalue weighted by Gasteiger charge is -1.98. The van der Waals surface area contributed by atoms with Crippen molar-refractivity contribution >= 4 is 5.57 Å². The quantitative estimate of drug-likeness (QED) is 0.709. The fourth-order valence-corrected chi connectivity index (χ4v) is 0.975. The van der Waals surface area contributed by atoms with Crippen LogP contribution in [0.25, 0.3) is 5.57 Å². The highest BCUT2D eigenvalue weighted by Crippen LogP contribution is 2.13. The van der Waals surface area contributed by atoms with Gasteiger partial charge in [-0.3, -0.25) is 4.98 Å². The van der Waals surface area contributed by atoms with Gasteiger partial charge < -0.3 is 5.73 Å². The van der Waals surface area contributed by atoms with E-state index in [1.807, 2.05) is 18.2 Å². The third-order valence-corrected chi connectivity index (χ3v) is 1.60. The van der Waals surface area contributed by atoms with E-state index >= 15 is 0 Å². The number of rotatable bonds is 3. The molecule has 0 saturated heterocycles. The first-order valence-electron chi connectivity index (χ1n) is 4.00. The van der Waals surface area contributed by atoms with Crippen LogP contribution in [0.5, 0.6) is 0 Å². The molecule has 1 heterocycles. The van der Waals surface area contributed by atoms with Crippen molar-refractivity contribution in [3.05, 3.63) is 61.1 Å². The average Bonchev–Trinajstić information content (AvgIpc) is 2.21. The van der Waals surface area contributed by atoms with Gasteiger partial charge in [-0.2, -0.15) is 0 Å². The van der Waals surface area contributed by atoms with Gasteiger partial charge in [0.1, 0.15) is 0 Å². The lowest BCUT2D eigenvalue weighted by atomic mass is 10.1. The van der Waals surface area contributed by atoms with Crippen molar-refractivity contribution in [2.75, 3.05) is 0 Å². The molecule has 0 bridgehead atoms. The normalized spacial score (nSPS) is 11.8. The molecule has 0 fully saturated rings. The summed E-state index contributed by atoms with van der Waals surface area (Å²) in [6, 6.07) is 3.86. The molecule has 0 amide bonds. The van der Waals surface area contributed by atoms with Gasteiger partial charge in [-0.15, -0.1) is 0 Å². The molecule has 2 heteroatoms. The molecule has 0 unspecified atom stereocenters. The molecular weight excluding hydrogens is 160 g/mol. The van der Waals surface area contributed by atoms with Crippen LogP contribution < -0.4 is 5.73 Å². The Bertz CT molecular complexity index is 323. The smallest absolute Gasteiger partial charge is 0.0346 e. The van der Waals surface area contributed by atoms with Crippen molar-refractivity contribution in [2.45, 2.75) is 0 Å². The second kappa shape index (κ2) is 4.93. The summed E-state index contributed by atoms with van der Waals surface area (Å²) in [6.45, 7) is 3.72. The van der Waals surface area contributed by atoms with E-state index in [2.05, 4.69) is 11.6 Å². The largest absolute Gasteiger partial charge is 0.405 e. The van der Waals surface area contributed by atoms with Crippen LogP contribution in [-0.2, 0) is 0 Å². The third-order valence-electron chi connectivity index (χ3n) is 1.60. The summed E-state index contributed by atoms with van der Waals surface area (Å²) in [5.41, 5.74) is 7.28. The standard InChI is InChI=1S/C11H12N2/c1-2-10(5-3-7-12)11-6-4-8-13-9-11/h2-9H,1,12H2/b7-3-,10-5+. The van der Waals surface area contributed by atoms with Gasteiger partial charge >= 0.3 is 0 Å². The van der Waals surface area contributed by atoms with Crippen molar-refractivity contribution in [1.29, 1.82) is 0 Å². The Hall–Kier alpha value is -1.83. The highest BCUT2D eigenvalue weighted by atomic mass is 14.6. The van der Waals surface area contributed by atoms with E-state index in [1.54, 1.807) is 24.5 Å². The zero-order valence-electron chi connectivity index (χ0n) is 7.35. The van der Waals surface area contributed by atoms with Gasteiger partial charge in [0.15, 0.2) is 0 Å². The van der Waals surface area contributed by atoms with E-state index in [-0.39, 0.29) is 0 Å². The maximum Gasteiger partial charge on any atom is 0.0346 e. The first-order valence-corrected chi connectivity index (χ1v) is 4.00. The van der Waals surface area contributed by atoms with Crippen molar-refractivity contribution in [3.8, 4) is 0 Å². The molecule has 0 atom stereocenters. The van der Waals surface area contributed by atoms with E-state index in [9.17, 15) is 0 Å². The van der Waals surface area contributed by atoms with Crippen LogP contribution in [0.4, 0.5) is 0 Å². The van der Waals surface area contributed by atoms with E-state index in [4.69, 9.17) is 5.73 Å². The fourth-order valence-electron chi connectivity index (χ4n) is 0.975. The van der Waals surface area contributed by atoms with Crippen molar-refractivity contribution in [2.24, 2.45) is 5.73 Å². The molecule has 0 spiro atoms. The van der Waals surface area contributed by atoms with Gasteiger partial charge in [0.05, 0.1) is 0 Å². The number of aromatic nitrogens is 1. The molecule has 1 rings (SSSR count). The Labute approximate surface area is 78.1 Å². The number of nitrogens with zero attached hydrogens (tertiary/aromatic N) is 1. The maximum atomic E-state index is 5.23. The van der Waals surface area contributed by atoms with E-state index in [1.165, 1.54) is 6.20 Å². The van der Waals surface area contributed by atoms with Crippen molar-refractivity contribution in [3.63, 3.8) is 0 Å². The molecule has 0 aromatic carbocycles. The monoisotopic (exact) mass is 172 g/mol. The fraction of sp³-hybridized carbons (Fsp3) is 0. The Morgan fingerprint density at radius 3 is 2.92 bits per heavy atom. The molecule has 66 valence electrons. The van der Waals surface area contributed by atoms with Crippen LogP contribution in [-0.4, -0.2) is 4.98 Å². The third kappa shape index (κ3) is 2.60. The minimum absolute atomic E-state index is 1.01. The Balaban J connectivity index is 2.98. The predicted octanol–water partition coefficient (Wildman–Crippen LogP) is 2.12. The van der Waals surface area contributed by atoms with Crippen LogP contribution in [0.1, 0.15) is 5.56 Å². The molecule has 0 aliphatic heterocycles. The molecule has 2 nitrogen and oxygen atoms in total. The van der Waals surface area contributed by atoms with Gasteiger partial charge in [-0.25, -0.2) is 0 Å². The zero-order chi connectivity index (χ0) is 9.52. The number of hydrogen-bond donors (Lipinski definition) is 1. The Morgan fingerprint density at radius 2 is 2.38 bits per heavy atom. The number of allylic oxidation sites excluding steroid dienone is 4. The average molecular weight is 172 g/mol. The second-order valence-electron chi connectivity index (χ2n) is 2.45. The summed E-state index contributed by atoms with van der Waals surface area (Å²) >= 11 is 0. The highest BCUT2D eigenvalue weighted by molar-refractivity contribution is 5.74. The minimum atomic E-state index is 1.01. The summed E-state index contributed by atoms with van der Waals surface area (Å²) in [4.78, 5) is 4.02. The van der Waals surface area contributed by atoms with Crippen LogP contribution >= 0.6 is 0 Å². The zero-order valence-corrected chi connectivity index (χ0v) is 7.35. The van der Waals surface area contributed by atoms with Gasteiger partial charge in [-0.1, -0.05) is 24.8 Å². The lowest BCUT2D eigenvalue weighted by molar-refractivity contribution is 1.31. The van der Waals surface area contributed by atoms with E-state index < -0.39 is 0 Å². The summed E-state index contributed by atoms with van der Waals surface area (Å²) in [6.07, 6.45) is 10.5. The predicted molar refractivity (Wildman–Crippen MR) is 55.7 cm³/mol. The van der Waals surface area contributed by atoms with E-state index in [0.717, 1.165) is 11.1 Å². The first kappa shape index (κ1) is 9.26. The number of nitrogens with two attached hydrogens (primary N) is 1. The molecule has 1 aromatic heterocycles. The van der Waals surface area contributed by atoms with Crippen molar-refractivity contribution < 1.29 is 0 Å². The van der Waals surface area contributed by atoms with Gasteiger partial charge in [0.25, 0.3) is 0 Å². The Kier molecular flexibility index (Phi) is 3.51. The number of pyridine rings is 1. The summed E-state index contributed by atoms with van der Waals surface area (Å²) in [5.74, 6) is 0. The van der Waals surface area contributed by atoms with E-state index in [0.29, 0.717) is 0 Å². The molecule has 0 aliphatic rings. The number of hydrogen-bond acceptors (Lipinski definition) is 2. The maximum absolute atomic E-state index is 5.23. The first-order chi connectivity index (χ1) is 6.38. The molecule has 0 aliphatic carbocycles. The molecule has 2 N–H and O–H groups in total. The SMILES string of the molecule is C=C/C(=C\C=C/N)c1cccnc1. The topological polar surface area (TPSA) is 38.9 Å². The van der Waals surface area contributed by atoms with Crippen LogP contribution in [0.15, 0.2) is 55.5 Å². The van der Waals surface area contributed by atoms with Crippen LogP contribution in [0.2, 0.25) is 0 Å². The molecule has 1 aromatic rings. The molecule has 0 saturated carbocycles. The summed E-state index contributed by atoms with van der Waals surface area (Å²) in [7, 11) is 0. The van der Waals surface area contributed by atoms with Gasteiger partial charge in [0.2, 0.25) is 0 Å². The van der Waals surface area contributed by atoms with Gasteiger partial charge in [-0.05, 0) is 29.5 Å². The highest BCUT2D eigenvalue weighted by Gasteiger charge is 1.93. The Morgan fingerprint density at radius 1 is 1.54 bits per heavy atom.